The first kappa shape index (κ1) is 27.4. The molecular weight excluding hydrogens is 526 g/mol. The zero-order chi connectivity index (χ0) is 27.6. The molecule has 202 valence electrons. The molecule has 1 aliphatic heterocycles. The van der Waals surface area contributed by atoms with Gasteiger partial charge in [0.2, 0.25) is 0 Å². The van der Waals surface area contributed by atoms with E-state index in [4.69, 9.17) is 16.6 Å². The molecule has 4 aromatic rings. The molecule has 39 heavy (non-hydrogen) atoms. The molecule has 0 spiro atoms. The van der Waals surface area contributed by atoms with Crippen LogP contribution in [0.25, 0.3) is 21.9 Å². The molecule has 2 aromatic heterocycles. The highest BCUT2D eigenvalue weighted by Crippen LogP contribution is 2.34. The number of nitrogens with one attached hydrogen (secondary N) is 2. The highest BCUT2D eigenvalue weighted by atomic mass is 35.5. The van der Waals surface area contributed by atoms with Crippen molar-refractivity contribution in [1.29, 1.82) is 0 Å². The Labute approximate surface area is 239 Å². The number of carbonyl (C=O) groups is 1. The lowest BCUT2D eigenvalue weighted by atomic mass is 9.91. The SMILES string of the molecule is Cc1c(NC(=O)Nc2ccc(-c3ccc(CN4CCSCC4)nc3)c3ccccc23)cc(C(C)(C)C)nc1Cl. The van der Waals surface area contributed by atoms with Crippen molar-refractivity contribution in [2.24, 2.45) is 0 Å². The number of anilines is 2. The van der Waals surface area contributed by atoms with Crippen molar-refractivity contribution in [3.63, 3.8) is 0 Å². The van der Waals surface area contributed by atoms with Crippen LogP contribution in [-0.2, 0) is 12.0 Å². The second-order valence-electron chi connectivity index (χ2n) is 10.9. The number of thioether (sulfide) groups is 1. The third-order valence-electron chi connectivity index (χ3n) is 7.03. The summed E-state index contributed by atoms with van der Waals surface area (Å²) >= 11 is 8.41. The Morgan fingerprint density at radius 2 is 1.72 bits per heavy atom. The quantitative estimate of drug-likeness (QED) is 0.245. The van der Waals surface area contributed by atoms with Crippen LogP contribution in [0.1, 0.15) is 37.7 Å². The summed E-state index contributed by atoms with van der Waals surface area (Å²) in [5.41, 5.74) is 5.95. The van der Waals surface area contributed by atoms with Crippen LogP contribution in [0.5, 0.6) is 0 Å². The summed E-state index contributed by atoms with van der Waals surface area (Å²) in [6.07, 6.45) is 1.96. The Morgan fingerprint density at radius 3 is 2.41 bits per heavy atom. The van der Waals surface area contributed by atoms with E-state index in [2.05, 4.69) is 59.5 Å². The van der Waals surface area contributed by atoms with Gasteiger partial charge in [0.25, 0.3) is 0 Å². The highest BCUT2D eigenvalue weighted by Gasteiger charge is 2.20. The van der Waals surface area contributed by atoms with Crippen molar-refractivity contribution >= 4 is 51.5 Å². The molecule has 0 bridgehead atoms. The number of aromatic nitrogens is 2. The molecule has 0 aliphatic carbocycles. The molecule has 0 atom stereocenters. The van der Waals surface area contributed by atoms with E-state index in [-0.39, 0.29) is 11.4 Å². The predicted octanol–water partition coefficient (Wildman–Crippen LogP) is 7.75. The molecule has 1 saturated heterocycles. The van der Waals surface area contributed by atoms with Gasteiger partial charge in [-0.2, -0.15) is 11.8 Å². The molecule has 3 heterocycles. The van der Waals surface area contributed by atoms with Crippen molar-refractivity contribution in [3.05, 3.63) is 82.9 Å². The summed E-state index contributed by atoms with van der Waals surface area (Å²) < 4.78 is 0. The minimum absolute atomic E-state index is 0.198. The number of hydrogen-bond acceptors (Lipinski definition) is 5. The van der Waals surface area contributed by atoms with Crippen LogP contribution < -0.4 is 10.6 Å². The molecule has 2 N–H and O–H groups in total. The maximum atomic E-state index is 13.1. The van der Waals surface area contributed by atoms with Gasteiger partial charge in [-0.25, -0.2) is 9.78 Å². The second kappa shape index (κ2) is 11.5. The van der Waals surface area contributed by atoms with Crippen molar-refractivity contribution in [1.82, 2.24) is 14.9 Å². The number of benzene rings is 2. The number of nitrogens with zero attached hydrogens (tertiary/aromatic N) is 3. The predicted molar refractivity (Wildman–Crippen MR) is 165 cm³/mol. The van der Waals surface area contributed by atoms with Crippen molar-refractivity contribution in [2.75, 3.05) is 35.2 Å². The van der Waals surface area contributed by atoms with Gasteiger partial charge in [-0.15, -0.1) is 0 Å². The zero-order valence-electron chi connectivity index (χ0n) is 22.8. The Kier molecular flexibility index (Phi) is 8.12. The molecule has 0 radical (unpaired) electrons. The highest BCUT2D eigenvalue weighted by molar-refractivity contribution is 7.99. The third kappa shape index (κ3) is 6.38. The molecule has 0 unspecified atom stereocenters. The molecule has 1 fully saturated rings. The topological polar surface area (TPSA) is 70.2 Å². The monoisotopic (exact) mass is 559 g/mol. The van der Waals surface area contributed by atoms with Gasteiger partial charge in [0, 0.05) is 65.0 Å². The zero-order valence-corrected chi connectivity index (χ0v) is 24.4. The van der Waals surface area contributed by atoms with Gasteiger partial charge >= 0.3 is 6.03 Å². The molecule has 8 heteroatoms. The Balaban J connectivity index is 1.37. The Hall–Kier alpha value is -3.13. The molecule has 2 aromatic carbocycles. The average Bonchev–Trinajstić information content (AvgIpc) is 2.92. The number of hydrogen-bond donors (Lipinski definition) is 2. The molecule has 0 saturated carbocycles. The van der Waals surface area contributed by atoms with Crippen LogP contribution in [-0.4, -0.2) is 45.5 Å². The van der Waals surface area contributed by atoms with Crippen LogP contribution in [0, 0.1) is 6.92 Å². The normalized spacial score (nSPS) is 14.4. The maximum absolute atomic E-state index is 13.1. The fourth-order valence-corrected chi connectivity index (χ4v) is 5.86. The number of urea groups is 1. The van der Waals surface area contributed by atoms with Gasteiger partial charge in [0.1, 0.15) is 5.15 Å². The largest absolute Gasteiger partial charge is 0.323 e. The number of amides is 2. The summed E-state index contributed by atoms with van der Waals surface area (Å²) in [6, 6.07) is 17.9. The van der Waals surface area contributed by atoms with E-state index in [1.54, 1.807) is 0 Å². The van der Waals surface area contributed by atoms with Gasteiger partial charge in [0.05, 0.1) is 17.1 Å². The van der Waals surface area contributed by atoms with E-state index in [1.165, 1.54) is 11.5 Å². The molecule has 5 rings (SSSR count). The van der Waals surface area contributed by atoms with Crippen LogP contribution in [0.2, 0.25) is 5.15 Å². The van der Waals surface area contributed by atoms with Gasteiger partial charge < -0.3 is 10.6 Å². The van der Waals surface area contributed by atoms with Crippen LogP contribution in [0.3, 0.4) is 0 Å². The number of carbonyl (C=O) groups excluding carboxylic acids is 1. The number of rotatable bonds is 5. The van der Waals surface area contributed by atoms with E-state index >= 15 is 0 Å². The standard InChI is InChI=1S/C31H34ClN5OS/c1-20-27(17-28(31(2,3)4)36-29(20)32)35-30(38)34-26-12-11-23(24-7-5-6-8-25(24)26)21-9-10-22(33-18-21)19-37-13-15-39-16-14-37/h5-12,17-18H,13-16,19H2,1-4H3,(H2,34,35,36,38). The fraction of sp³-hybridized carbons (Fsp3) is 0.323. The molecule has 6 nitrogen and oxygen atoms in total. The van der Waals surface area contributed by atoms with E-state index < -0.39 is 0 Å². The van der Waals surface area contributed by atoms with Gasteiger partial charge in [-0.3, -0.25) is 9.88 Å². The minimum Gasteiger partial charge on any atom is -0.307 e. The van der Waals surface area contributed by atoms with E-state index in [0.717, 1.165) is 64.2 Å². The number of pyridine rings is 2. The van der Waals surface area contributed by atoms with Crippen molar-refractivity contribution < 1.29 is 4.79 Å². The van der Waals surface area contributed by atoms with Crippen LogP contribution in [0.15, 0.2) is 60.8 Å². The van der Waals surface area contributed by atoms with Crippen LogP contribution in [0.4, 0.5) is 16.2 Å². The Bertz CT molecular complexity index is 1490. The Morgan fingerprint density at radius 1 is 1.00 bits per heavy atom. The number of halogens is 1. The van der Waals surface area contributed by atoms with E-state index in [0.29, 0.717) is 10.8 Å². The van der Waals surface area contributed by atoms with Gasteiger partial charge in [0.15, 0.2) is 0 Å². The second-order valence-corrected chi connectivity index (χ2v) is 12.5. The molecule has 1 aliphatic rings. The fourth-order valence-electron chi connectivity index (χ4n) is 4.69. The summed E-state index contributed by atoms with van der Waals surface area (Å²) in [5, 5.41) is 8.41. The lowest BCUT2D eigenvalue weighted by molar-refractivity contribution is 0.262. The van der Waals surface area contributed by atoms with Gasteiger partial charge in [-0.05, 0) is 36.1 Å². The minimum atomic E-state index is -0.333. The first-order chi connectivity index (χ1) is 18.7. The summed E-state index contributed by atoms with van der Waals surface area (Å²) in [4.78, 5) is 24.8. The lowest BCUT2D eigenvalue weighted by Crippen LogP contribution is -2.32. The smallest absolute Gasteiger partial charge is 0.307 e. The molecular formula is C31H34ClN5OS. The van der Waals surface area contributed by atoms with Crippen molar-refractivity contribution in [2.45, 2.75) is 39.7 Å². The average molecular weight is 560 g/mol. The maximum Gasteiger partial charge on any atom is 0.323 e. The summed E-state index contributed by atoms with van der Waals surface area (Å²) in [7, 11) is 0. The van der Waals surface area contributed by atoms with E-state index in [9.17, 15) is 4.79 Å². The first-order valence-electron chi connectivity index (χ1n) is 13.2. The number of fused-ring (bicyclic) bond motifs is 1. The van der Waals surface area contributed by atoms with Gasteiger partial charge in [-0.1, -0.05) is 68.8 Å². The summed E-state index contributed by atoms with van der Waals surface area (Å²) in [5.74, 6) is 2.38. The summed E-state index contributed by atoms with van der Waals surface area (Å²) in [6.45, 7) is 11.2. The lowest BCUT2D eigenvalue weighted by Gasteiger charge is -2.25. The third-order valence-corrected chi connectivity index (χ3v) is 8.34. The van der Waals surface area contributed by atoms with Crippen LogP contribution >= 0.6 is 23.4 Å². The van der Waals surface area contributed by atoms with E-state index in [1.807, 2.05) is 61.3 Å². The first-order valence-corrected chi connectivity index (χ1v) is 14.7. The molecule has 2 amide bonds. The van der Waals surface area contributed by atoms with Crippen molar-refractivity contribution in [3.8, 4) is 11.1 Å².